The van der Waals surface area contributed by atoms with Gasteiger partial charge in [0.2, 0.25) is 0 Å². The van der Waals surface area contributed by atoms with Gasteiger partial charge < -0.3 is 9.47 Å². The predicted molar refractivity (Wildman–Crippen MR) is 92.8 cm³/mol. The van der Waals surface area contributed by atoms with Crippen molar-refractivity contribution < 1.29 is 9.18 Å². The molecule has 1 amide bonds. The molecular formula is C19H19FN4O. The Morgan fingerprint density at radius 1 is 1.24 bits per heavy atom. The Morgan fingerprint density at radius 3 is 2.76 bits per heavy atom. The molecule has 1 aliphatic rings. The van der Waals surface area contributed by atoms with Gasteiger partial charge in [-0.05, 0) is 50.1 Å². The van der Waals surface area contributed by atoms with Crippen molar-refractivity contribution >= 4 is 16.9 Å². The first-order valence-electron chi connectivity index (χ1n) is 8.47. The highest BCUT2D eigenvalue weighted by Gasteiger charge is 2.26. The molecule has 1 aliphatic heterocycles. The van der Waals surface area contributed by atoms with E-state index in [9.17, 15) is 9.18 Å². The van der Waals surface area contributed by atoms with Crippen LogP contribution in [-0.4, -0.2) is 38.4 Å². The number of fused-ring (bicyclic) bond motifs is 1. The van der Waals surface area contributed by atoms with Gasteiger partial charge in [-0.15, -0.1) is 0 Å². The maximum absolute atomic E-state index is 13.6. The van der Waals surface area contributed by atoms with E-state index in [-0.39, 0.29) is 17.8 Å². The number of pyridine rings is 1. The fourth-order valence-electron chi connectivity index (χ4n) is 3.65. The highest BCUT2D eigenvalue weighted by atomic mass is 19.1. The van der Waals surface area contributed by atoms with E-state index < -0.39 is 0 Å². The topological polar surface area (TPSA) is 51.0 Å². The molecule has 3 aromatic rings. The Hall–Kier alpha value is -2.76. The van der Waals surface area contributed by atoms with Crippen LogP contribution in [0.15, 0.2) is 42.7 Å². The molecule has 0 radical (unpaired) electrons. The minimum atomic E-state index is -0.252. The lowest BCUT2D eigenvalue weighted by atomic mass is 10.0. The zero-order chi connectivity index (χ0) is 17.4. The number of piperidine rings is 1. The first-order valence-corrected chi connectivity index (χ1v) is 8.47. The molecule has 0 bridgehead atoms. The van der Waals surface area contributed by atoms with Crippen molar-refractivity contribution in [2.75, 3.05) is 13.1 Å². The predicted octanol–water partition coefficient (Wildman–Crippen LogP) is 3.36. The second-order valence-electron chi connectivity index (χ2n) is 6.43. The summed E-state index contributed by atoms with van der Waals surface area (Å²) in [5.41, 5.74) is 2.26. The molecule has 5 nitrogen and oxygen atoms in total. The summed E-state index contributed by atoms with van der Waals surface area (Å²) in [6.07, 6.45) is 4.92. The molecule has 3 heterocycles. The van der Waals surface area contributed by atoms with Crippen molar-refractivity contribution in [2.45, 2.75) is 25.8 Å². The van der Waals surface area contributed by atoms with Gasteiger partial charge in [-0.2, -0.15) is 0 Å². The normalized spacial score (nSPS) is 15.7. The third kappa shape index (κ3) is 2.88. The maximum Gasteiger partial charge on any atom is 0.255 e. The number of hydrogen-bond acceptors (Lipinski definition) is 3. The van der Waals surface area contributed by atoms with Gasteiger partial charge in [0.15, 0.2) is 0 Å². The summed E-state index contributed by atoms with van der Waals surface area (Å²) in [7, 11) is 0. The summed E-state index contributed by atoms with van der Waals surface area (Å²) in [6, 6.07) is 8.49. The monoisotopic (exact) mass is 338 g/mol. The molecule has 1 fully saturated rings. The Kier molecular flexibility index (Phi) is 3.95. The van der Waals surface area contributed by atoms with Crippen LogP contribution in [0, 0.1) is 12.7 Å². The molecule has 0 unspecified atom stereocenters. The zero-order valence-electron chi connectivity index (χ0n) is 14.0. The van der Waals surface area contributed by atoms with E-state index in [0.29, 0.717) is 18.7 Å². The molecule has 6 heteroatoms. The zero-order valence-corrected chi connectivity index (χ0v) is 14.0. The van der Waals surface area contributed by atoms with E-state index in [2.05, 4.69) is 14.5 Å². The van der Waals surface area contributed by atoms with Crippen LogP contribution in [0.4, 0.5) is 4.39 Å². The quantitative estimate of drug-likeness (QED) is 0.720. The van der Waals surface area contributed by atoms with Crippen molar-refractivity contribution in [3.05, 3.63) is 59.9 Å². The van der Waals surface area contributed by atoms with Gasteiger partial charge >= 0.3 is 0 Å². The van der Waals surface area contributed by atoms with Gasteiger partial charge in [0.05, 0.1) is 16.6 Å². The lowest BCUT2D eigenvalue weighted by Crippen LogP contribution is -2.39. The maximum atomic E-state index is 13.6. The number of carbonyl (C=O) groups is 1. The molecule has 0 aliphatic carbocycles. The summed E-state index contributed by atoms with van der Waals surface area (Å²) in [6.45, 7) is 3.30. The molecule has 0 N–H and O–H groups in total. The van der Waals surface area contributed by atoms with Crippen molar-refractivity contribution in [3.63, 3.8) is 0 Å². The number of hydrogen-bond donors (Lipinski definition) is 0. The minimum Gasteiger partial charge on any atom is -0.338 e. The third-order valence-electron chi connectivity index (χ3n) is 4.85. The third-order valence-corrected chi connectivity index (χ3v) is 4.85. The van der Waals surface area contributed by atoms with Crippen molar-refractivity contribution in [1.29, 1.82) is 0 Å². The fraction of sp³-hybridized carbons (Fsp3) is 0.316. The molecule has 0 atom stereocenters. The Morgan fingerprint density at radius 2 is 2.04 bits per heavy atom. The van der Waals surface area contributed by atoms with Gasteiger partial charge in [0, 0.05) is 31.5 Å². The standard InChI is InChI=1S/C19H19FN4O/c1-13-22-17-5-4-15(20)11-18(17)24(13)16-6-9-23(10-7-16)19(25)14-3-2-8-21-12-14/h2-5,8,11-12,16H,6-7,9-10H2,1H3. The molecule has 128 valence electrons. The number of likely N-dealkylation sites (tertiary alicyclic amines) is 1. The number of rotatable bonds is 2. The van der Waals surface area contributed by atoms with Crippen LogP contribution in [0.1, 0.15) is 35.1 Å². The first kappa shape index (κ1) is 15.7. The SMILES string of the molecule is Cc1nc2ccc(F)cc2n1C1CCN(C(=O)c2cccnc2)CC1. The van der Waals surface area contributed by atoms with Crippen LogP contribution >= 0.6 is 0 Å². The smallest absolute Gasteiger partial charge is 0.255 e. The molecule has 2 aromatic heterocycles. The van der Waals surface area contributed by atoms with Crippen LogP contribution < -0.4 is 0 Å². The van der Waals surface area contributed by atoms with Crippen LogP contribution in [0.3, 0.4) is 0 Å². The average molecular weight is 338 g/mol. The highest BCUT2D eigenvalue weighted by Crippen LogP contribution is 2.29. The Labute approximate surface area is 145 Å². The number of aromatic nitrogens is 3. The number of amides is 1. The van der Waals surface area contributed by atoms with Gasteiger partial charge in [-0.3, -0.25) is 9.78 Å². The highest BCUT2D eigenvalue weighted by molar-refractivity contribution is 5.93. The molecule has 0 spiro atoms. The second-order valence-corrected chi connectivity index (χ2v) is 6.43. The van der Waals surface area contributed by atoms with E-state index in [4.69, 9.17) is 0 Å². The summed E-state index contributed by atoms with van der Waals surface area (Å²) >= 11 is 0. The van der Waals surface area contributed by atoms with Crippen molar-refractivity contribution in [2.24, 2.45) is 0 Å². The van der Waals surface area contributed by atoms with Crippen LogP contribution in [0.25, 0.3) is 11.0 Å². The molecule has 4 rings (SSSR count). The van der Waals surface area contributed by atoms with Crippen molar-refractivity contribution in [3.8, 4) is 0 Å². The Bertz CT molecular complexity index is 914. The number of imidazole rings is 1. The van der Waals surface area contributed by atoms with Gasteiger partial charge in [0.1, 0.15) is 11.6 Å². The van der Waals surface area contributed by atoms with Crippen molar-refractivity contribution in [1.82, 2.24) is 19.4 Å². The summed E-state index contributed by atoms with van der Waals surface area (Å²) in [4.78, 5) is 23.0. The molecule has 25 heavy (non-hydrogen) atoms. The van der Waals surface area contributed by atoms with Gasteiger partial charge in [-0.25, -0.2) is 9.37 Å². The van der Waals surface area contributed by atoms with Gasteiger partial charge in [-0.1, -0.05) is 0 Å². The average Bonchev–Trinajstić information content (AvgIpc) is 2.97. The Balaban J connectivity index is 1.54. The number of nitrogens with zero attached hydrogens (tertiary/aromatic N) is 4. The van der Waals surface area contributed by atoms with Gasteiger partial charge in [0.25, 0.3) is 5.91 Å². The summed E-state index contributed by atoms with van der Waals surface area (Å²) < 4.78 is 15.8. The van der Waals surface area contributed by atoms with Crippen LogP contribution in [-0.2, 0) is 0 Å². The number of benzene rings is 1. The lowest BCUT2D eigenvalue weighted by Gasteiger charge is -2.33. The molecule has 0 saturated carbocycles. The van der Waals surface area contributed by atoms with Crippen LogP contribution in [0.2, 0.25) is 0 Å². The van der Waals surface area contributed by atoms with E-state index in [0.717, 1.165) is 29.7 Å². The number of aryl methyl sites for hydroxylation is 1. The summed E-state index contributed by atoms with van der Waals surface area (Å²) in [5.74, 6) is 0.653. The number of carbonyl (C=O) groups excluding carboxylic acids is 1. The molecule has 1 saturated heterocycles. The second kappa shape index (κ2) is 6.27. The van der Waals surface area contributed by atoms with E-state index in [1.54, 1.807) is 36.7 Å². The lowest BCUT2D eigenvalue weighted by molar-refractivity contribution is 0.0695. The van der Waals surface area contributed by atoms with E-state index >= 15 is 0 Å². The fourth-order valence-corrected chi connectivity index (χ4v) is 3.65. The molecular weight excluding hydrogens is 319 g/mol. The summed E-state index contributed by atoms with van der Waals surface area (Å²) in [5, 5.41) is 0. The largest absolute Gasteiger partial charge is 0.338 e. The van der Waals surface area contributed by atoms with E-state index in [1.807, 2.05) is 11.8 Å². The first-order chi connectivity index (χ1) is 12.1. The van der Waals surface area contributed by atoms with E-state index in [1.165, 1.54) is 6.07 Å². The molecule has 1 aromatic carbocycles. The number of halogens is 1. The minimum absolute atomic E-state index is 0.0183. The van der Waals surface area contributed by atoms with Crippen LogP contribution in [0.5, 0.6) is 0 Å².